The molecule has 0 radical (unpaired) electrons. The molecule has 7 nitrogen and oxygen atoms in total. The molecule has 0 saturated carbocycles. The Morgan fingerprint density at radius 3 is 2.83 bits per heavy atom. The zero-order chi connectivity index (χ0) is 16.4. The third-order valence-corrected chi connectivity index (χ3v) is 3.43. The van der Waals surface area contributed by atoms with E-state index in [1.807, 2.05) is 0 Å². The zero-order valence-corrected chi connectivity index (χ0v) is 12.2. The maximum absolute atomic E-state index is 11.9. The van der Waals surface area contributed by atoms with Gasteiger partial charge in [0.05, 0.1) is 10.5 Å². The summed E-state index contributed by atoms with van der Waals surface area (Å²) in [6.45, 7) is 0. The number of oxime groups is 1. The van der Waals surface area contributed by atoms with E-state index in [-0.39, 0.29) is 22.0 Å². The Hall–Kier alpha value is -3.06. The van der Waals surface area contributed by atoms with Crippen LogP contribution in [0.25, 0.3) is 6.08 Å². The standard InChI is InChI=1S/C15H8ClN3O4/c16-12-4-3-10(7-13(12)19(21)22)14-11(15(20)23-18-14)6-9-2-1-5-17-8-9/h1-8H. The van der Waals surface area contributed by atoms with Crippen molar-refractivity contribution >= 4 is 35.0 Å². The normalized spacial score (nSPS) is 15.4. The molecule has 8 heteroatoms. The topological polar surface area (TPSA) is 94.7 Å². The van der Waals surface area contributed by atoms with Crippen molar-refractivity contribution in [3.8, 4) is 0 Å². The fourth-order valence-electron chi connectivity index (χ4n) is 2.05. The van der Waals surface area contributed by atoms with Crippen LogP contribution in [0.15, 0.2) is 53.5 Å². The number of nitro groups is 1. The molecular weight excluding hydrogens is 322 g/mol. The number of pyridine rings is 1. The van der Waals surface area contributed by atoms with E-state index in [0.29, 0.717) is 11.1 Å². The predicted molar refractivity (Wildman–Crippen MR) is 82.9 cm³/mol. The van der Waals surface area contributed by atoms with E-state index in [0.717, 1.165) is 0 Å². The summed E-state index contributed by atoms with van der Waals surface area (Å²) in [5.41, 5.74) is 1.17. The molecular formula is C15H8ClN3O4. The molecule has 0 atom stereocenters. The van der Waals surface area contributed by atoms with E-state index in [1.54, 1.807) is 30.6 Å². The average molecular weight is 330 g/mol. The van der Waals surface area contributed by atoms with Crippen molar-refractivity contribution in [1.29, 1.82) is 0 Å². The number of hydrogen-bond acceptors (Lipinski definition) is 6. The van der Waals surface area contributed by atoms with Crippen LogP contribution in [-0.2, 0) is 9.63 Å². The molecule has 2 aromatic rings. The molecule has 1 aliphatic heterocycles. The van der Waals surface area contributed by atoms with Crippen molar-refractivity contribution in [2.75, 3.05) is 0 Å². The fraction of sp³-hybridized carbons (Fsp3) is 0. The van der Waals surface area contributed by atoms with Crippen LogP contribution in [0.4, 0.5) is 5.69 Å². The van der Waals surface area contributed by atoms with Crippen molar-refractivity contribution in [2.24, 2.45) is 5.16 Å². The van der Waals surface area contributed by atoms with Crippen molar-refractivity contribution in [3.63, 3.8) is 0 Å². The van der Waals surface area contributed by atoms with Crippen LogP contribution in [-0.4, -0.2) is 21.6 Å². The molecule has 0 aliphatic carbocycles. The number of halogens is 1. The molecule has 0 unspecified atom stereocenters. The molecule has 3 rings (SSSR count). The quantitative estimate of drug-likeness (QED) is 0.373. The first-order valence-corrected chi connectivity index (χ1v) is 6.80. The van der Waals surface area contributed by atoms with Crippen molar-refractivity contribution in [1.82, 2.24) is 4.98 Å². The number of nitrogens with zero attached hydrogens (tertiary/aromatic N) is 3. The second kappa shape index (κ2) is 5.98. The summed E-state index contributed by atoms with van der Waals surface area (Å²) in [4.78, 5) is 30.9. The van der Waals surface area contributed by atoms with Gasteiger partial charge in [-0.15, -0.1) is 0 Å². The van der Waals surface area contributed by atoms with Crippen LogP contribution in [0.5, 0.6) is 0 Å². The smallest absolute Gasteiger partial charge is 0.312 e. The molecule has 1 aliphatic rings. The number of hydrogen-bond donors (Lipinski definition) is 0. The van der Waals surface area contributed by atoms with Gasteiger partial charge < -0.3 is 4.84 Å². The largest absolute Gasteiger partial charge is 0.368 e. The Balaban J connectivity index is 2.05. The summed E-state index contributed by atoms with van der Waals surface area (Å²) in [6.07, 6.45) is 4.73. The van der Waals surface area contributed by atoms with Gasteiger partial charge in [-0.2, -0.15) is 0 Å². The monoisotopic (exact) mass is 329 g/mol. The van der Waals surface area contributed by atoms with Gasteiger partial charge in [-0.3, -0.25) is 15.1 Å². The van der Waals surface area contributed by atoms with Gasteiger partial charge in [0.2, 0.25) is 0 Å². The molecule has 114 valence electrons. The van der Waals surface area contributed by atoms with Crippen molar-refractivity contribution in [3.05, 3.63) is 74.6 Å². The summed E-state index contributed by atoms with van der Waals surface area (Å²) >= 11 is 5.79. The molecule has 0 N–H and O–H groups in total. The lowest BCUT2D eigenvalue weighted by Gasteiger charge is -2.02. The predicted octanol–water partition coefficient (Wildman–Crippen LogP) is 2.99. The molecule has 2 heterocycles. The van der Waals surface area contributed by atoms with Gasteiger partial charge >= 0.3 is 5.97 Å². The molecule has 1 aromatic heterocycles. The maximum Gasteiger partial charge on any atom is 0.368 e. The zero-order valence-electron chi connectivity index (χ0n) is 11.5. The highest BCUT2D eigenvalue weighted by molar-refractivity contribution is 6.34. The first-order valence-electron chi connectivity index (χ1n) is 6.42. The minimum atomic E-state index is -0.638. The van der Waals surface area contributed by atoms with E-state index in [2.05, 4.69) is 10.1 Å². The maximum atomic E-state index is 11.9. The SMILES string of the molecule is O=C1ON=C(c2ccc(Cl)c([N+](=O)[O-])c2)C1=Cc1cccnc1. The van der Waals surface area contributed by atoms with Crippen molar-refractivity contribution in [2.45, 2.75) is 0 Å². The number of carbonyl (C=O) groups excluding carboxylic acids is 1. The lowest BCUT2D eigenvalue weighted by molar-refractivity contribution is -0.384. The minimum Gasteiger partial charge on any atom is -0.312 e. The van der Waals surface area contributed by atoms with Gasteiger partial charge in [0.1, 0.15) is 10.7 Å². The summed E-state index contributed by atoms with van der Waals surface area (Å²) in [5.74, 6) is -0.638. The Bertz CT molecular complexity index is 862. The van der Waals surface area contributed by atoms with E-state index < -0.39 is 10.9 Å². The van der Waals surface area contributed by atoms with Crippen LogP contribution >= 0.6 is 11.6 Å². The first kappa shape index (κ1) is 14.9. The van der Waals surface area contributed by atoms with Crippen LogP contribution in [0.3, 0.4) is 0 Å². The third kappa shape index (κ3) is 2.95. The molecule has 0 saturated heterocycles. The van der Waals surface area contributed by atoms with E-state index >= 15 is 0 Å². The summed E-state index contributed by atoms with van der Waals surface area (Å²) in [6, 6.07) is 7.64. The summed E-state index contributed by atoms with van der Waals surface area (Å²) < 4.78 is 0. The second-order valence-corrected chi connectivity index (χ2v) is 4.99. The van der Waals surface area contributed by atoms with Gasteiger partial charge in [-0.25, -0.2) is 4.79 Å². The molecule has 23 heavy (non-hydrogen) atoms. The lowest BCUT2D eigenvalue weighted by atomic mass is 10.0. The Kier molecular flexibility index (Phi) is 3.86. The highest BCUT2D eigenvalue weighted by atomic mass is 35.5. The number of benzene rings is 1. The first-order chi connectivity index (χ1) is 11.1. The van der Waals surface area contributed by atoms with Crippen molar-refractivity contribution < 1.29 is 14.6 Å². The molecule has 0 amide bonds. The van der Waals surface area contributed by atoms with Gasteiger partial charge in [0.25, 0.3) is 5.69 Å². The number of nitro benzene ring substituents is 1. The average Bonchev–Trinajstić information content (AvgIpc) is 2.90. The highest BCUT2D eigenvalue weighted by Gasteiger charge is 2.28. The third-order valence-electron chi connectivity index (χ3n) is 3.11. The highest BCUT2D eigenvalue weighted by Crippen LogP contribution is 2.28. The van der Waals surface area contributed by atoms with E-state index in [9.17, 15) is 14.9 Å². The molecule has 0 spiro atoms. The summed E-state index contributed by atoms with van der Waals surface area (Å²) in [7, 11) is 0. The Morgan fingerprint density at radius 1 is 1.30 bits per heavy atom. The van der Waals surface area contributed by atoms with Gasteiger partial charge in [-0.05, 0) is 23.8 Å². The van der Waals surface area contributed by atoms with Crippen LogP contribution < -0.4 is 0 Å². The van der Waals surface area contributed by atoms with E-state index in [4.69, 9.17) is 16.4 Å². The second-order valence-electron chi connectivity index (χ2n) is 4.59. The molecule has 1 aromatic carbocycles. The Morgan fingerprint density at radius 2 is 2.13 bits per heavy atom. The fourth-order valence-corrected chi connectivity index (χ4v) is 2.23. The van der Waals surface area contributed by atoms with Crippen LogP contribution in [0.1, 0.15) is 11.1 Å². The molecule has 0 fully saturated rings. The minimum absolute atomic E-state index is 0.00220. The van der Waals surface area contributed by atoms with E-state index in [1.165, 1.54) is 18.2 Å². The Labute approximate surface area is 135 Å². The van der Waals surface area contributed by atoms with Crippen LogP contribution in [0, 0.1) is 10.1 Å². The van der Waals surface area contributed by atoms with Crippen LogP contribution in [0.2, 0.25) is 5.02 Å². The summed E-state index contributed by atoms with van der Waals surface area (Å²) in [5, 5.41) is 14.7. The number of aromatic nitrogens is 1. The van der Waals surface area contributed by atoms with Gasteiger partial charge in [0, 0.05) is 24.0 Å². The molecule has 0 bridgehead atoms. The van der Waals surface area contributed by atoms with Gasteiger partial charge in [0.15, 0.2) is 0 Å². The number of carbonyl (C=O) groups is 1. The number of rotatable bonds is 3. The van der Waals surface area contributed by atoms with Gasteiger partial charge in [-0.1, -0.05) is 28.9 Å². The lowest BCUT2D eigenvalue weighted by Crippen LogP contribution is -2.07.